The van der Waals surface area contributed by atoms with Gasteiger partial charge < -0.3 is 4.98 Å². The lowest BCUT2D eigenvalue weighted by molar-refractivity contribution is 0.0993. The Balaban J connectivity index is 1.93. The Morgan fingerprint density at radius 3 is 2.72 bits per heavy atom. The summed E-state index contributed by atoms with van der Waals surface area (Å²) in [6.45, 7) is 0. The zero-order chi connectivity index (χ0) is 12.4. The first-order valence-corrected chi connectivity index (χ1v) is 5.84. The number of nitrogens with one attached hydrogen (secondary N) is 1. The second kappa shape index (κ2) is 4.45. The number of carbonyl (C=O) groups is 1. The van der Waals surface area contributed by atoms with Crippen LogP contribution in [0.4, 0.5) is 0 Å². The molecule has 3 nitrogen and oxygen atoms in total. The quantitative estimate of drug-likeness (QED) is 0.710. The topological polar surface area (TPSA) is 45.8 Å². The first kappa shape index (κ1) is 10.7. The van der Waals surface area contributed by atoms with E-state index in [0.29, 0.717) is 6.42 Å². The first-order valence-electron chi connectivity index (χ1n) is 5.84. The van der Waals surface area contributed by atoms with Gasteiger partial charge in [-0.2, -0.15) is 0 Å². The molecule has 1 heterocycles. The maximum Gasteiger partial charge on any atom is 0.167 e. The summed E-state index contributed by atoms with van der Waals surface area (Å²) in [4.78, 5) is 19.4. The SMILES string of the molecule is O=C(Cc1cccc2[nH]cnc12)c1ccccc1. The summed E-state index contributed by atoms with van der Waals surface area (Å²) in [5, 5.41) is 0. The lowest BCUT2D eigenvalue weighted by Crippen LogP contribution is -2.03. The summed E-state index contributed by atoms with van der Waals surface area (Å²) < 4.78 is 0. The van der Waals surface area contributed by atoms with Gasteiger partial charge in [0.2, 0.25) is 0 Å². The molecule has 0 radical (unpaired) electrons. The second-order valence-corrected chi connectivity index (χ2v) is 4.18. The number of rotatable bonds is 3. The zero-order valence-electron chi connectivity index (χ0n) is 9.76. The van der Waals surface area contributed by atoms with E-state index in [9.17, 15) is 4.79 Å². The highest BCUT2D eigenvalue weighted by Gasteiger charge is 2.10. The molecule has 0 saturated carbocycles. The molecule has 0 aliphatic carbocycles. The fourth-order valence-electron chi connectivity index (χ4n) is 2.07. The van der Waals surface area contributed by atoms with Crippen LogP contribution >= 0.6 is 0 Å². The lowest BCUT2D eigenvalue weighted by Gasteiger charge is -2.02. The number of ketones is 1. The average molecular weight is 236 g/mol. The Morgan fingerprint density at radius 2 is 1.89 bits per heavy atom. The summed E-state index contributed by atoms with van der Waals surface area (Å²) in [7, 11) is 0. The van der Waals surface area contributed by atoms with Gasteiger partial charge >= 0.3 is 0 Å². The molecular formula is C15H12N2O. The van der Waals surface area contributed by atoms with Crippen LogP contribution in [0.15, 0.2) is 54.9 Å². The Kier molecular flexibility index (Phi) is 2.65. The molecular weight excluding hydrogens is 224 g/mol. The van der Waals surface area contributed by atoms with Crippen LogP contribution in [0, 0.1) is 0 Å². The van der Waals surface area contributed by atoms with Crippen molar-refractivity contribution in [3.8, 4) is 0 Å². The maximum absolute atomic E-state index is 12.1. The third-order valence-electron chi connectivity index (χ3n) is 2.98. The molecule has 88 valence electrons. The van der Waals surface area contributed by atoms with Gasteiger partial charge in [-0.1, -0.05) is 42.5 Å². The van der Waals surface area contributed by atoms with Crippen LogP contribution in [0.25, 0.3) is 11.0 Å². The van der Waals surface area contributed by atoms with Crippen molar-refractivity contribution in [3.63, 3.8) is 0 Å². The molecule has 0 fully saturated rings. The minimum atomic E-state index is 0.117. The Labute approximate surface area is 104 Å². The number of aromatic nitrogens is 2. The summed E-state index contributed by atoms with van der Waals surface area (Å²) in [6, 6.07) is 15.2. The Morgan fingerprint density at radius 1 is 1.06 bits per heavy atom. The lowest BCUT2D eigenvalue weighted by atomic mass is 10.0. The minimum absolute atomic E-state index is 0.117. The molecule has 0 bridgehead atoms. The first-order chi connectivity index (χ1) is 8.84. The summed E-state index contributed by atoms with van der Waals surface area (Å²) in [5.41, 5.74) is 3.54. The van der Waals surface area contributed by atoms with Crippen LogP contribution in [0.3, 0.4) is 0 Å². The molecule has 2 aromatic carbocycles. The molecule has 3 aromatic rings. The highest BCUT2D eigenvalue weighted by atomic mass is 16.1. The van der Waals surface area contributed by atoms with Crippen molar-refractivity contribution in [1.29, 1.82) is 0 Å². The summed E-state index contributed by atoms with van der Waals surface area (Å²) in [6.07, 6.45) is 2.04. The average Bonchev–Trinajstić information content (AvgIpc) is 2.89. The van der Waals surface area contributed by atoms with Gasteiger partial charge in [0.1, 0.15) is 0 Å². The smallest absolute Gasteiger partial charge is 0.167 e. The van der Waals surface area contributed by atoms with E-state index in [1.54, 1.807) is 6.33 Å². The number of fused-ring (bicyclic) bond motifs is 1. The van der Waals surface area contributed by atoms with E-state index < -0.39 is 0 Å². The summed E-state index contributed by atoms with van der Waals surface area (Å²) in [5.74, 6) is 0.117. The number of nitrogens with zero attached hydrogens (tertiary/aromatic N) is 1. The van der Waals surface area contributed by atoms with E-state index in [1.165, 1.54) is 0 Å². The van der Waals surface area contributed by atoms with Crippen molar-refractivity contribution in [3.05, 3.63) is 66.0 Å². The highest BCUT2D eigenvalue weighted by molar-refractivity contribution is 5.99. The zero-order valence-corrected chi connectivity index (χ0v) is 9.76. The van der Waals surface area contributed by atoms with Crippen LogP contribution in [0.1, 0.15) is 15.9 Å². The van der Waals surface area contributed by atoms with Gasteiger partial charge in [-0.25, -0.2) is 4.98 Å². The predicted octanol–water partition coefficient (Wildman–Crippen LogP) is 2.99. The Hall–Kier alpha value is -2.42. The van der Waals surface area contributed by atoms with Crippen LogP contribution < -0.4 is 0 Å². The van der Waals surface area contributed by atoms with E-state index in [0.717, 1.165) is 22.2 Å². The van der Waals surface area contributed by atoms with Crippen molar-refractivity contribution >= 4 is 16.8 Å². The molecule has 18 heavy (non-hydrogen) atoms. The van der Waals surface area contributed by atoms with Crippen molar-refractivity contribution in [1.82, 2.24) is 9.97 Å². The van der Waals surface area contributed by atoms with Gasteiger partial charge in [0, 0.05) is 12.0 Å². The van der Waals surface area contributed by atoms with E-state index >= 15 is 0 Å². The number of Topliss-reactive ketones (excluding diaryl/α,β-unsaturated/α-hetero) is 1. The number of benzene rings is 2. The predicted molar refractivity (Wildman–Crippen MR) is 70.6 cm³/mol. The van der Waals surface area contributed by atoms with Crippen LogP contribution in [0.5, 0.6) is 0 Å². The van der Waals surface area contributed by atoms with Gasteiger partial charge in [-0.05, 0) is 11.6 Å². The molecule has 0 unspecified atom stereocenters. The molecule has 0 saturated heterocycles. The fourth-order valence-corrected chi connectivity index (χ4v) is 2.07. The monoisotopic (exact) mass is 236 g/mol. The molecule has 0 aliphatic rings. The van der Waals surface area contributed by atoms with Gasteiger partial charge in [0.15, 0.2) is 5.78 Å². The molecule has 0 spiro atoms. The Bertz CT molecular complexity index is 686. The number of imidazole rings is 1. The van der Waals surface area contributed by atoms with Crippen molar-refractivity contribution in [2.24, 2.45) is 0 Å². The van der Waals surface area contributed by atoms with Crippen LogP contribution in [0.2, 0.25) is 0 Å². The fraction of sp³-hybridized carbons (Fsp3) is 0.0667. The van der Waals surface area contributed by atoms with Crippen molar-refractivity contribution < 1.29 is 4.79 Å². The van der Waals surface area contributed by atoms with E-state index in [4.69, 9.17) is 0 Å². The minimum Gasteiger partial charge on any atom is -0.345 e. The molecule has 3 heteroatoms. The molecule has 3 rings (SSSR count). The molecule has 0 amide bonds. The van der Waals surface area contributed by atoms with E-state index in [2.05, 4.69) is 9.97 Å². The van der Waals surface area contributed by atoms with Gasteiger partial charge in [0.05, 0.1) is 17.4 Å². The highest BCUT2D eigenvalue weighted by Crippen LogP contribution is 2.16. The van der Waals surface area contributed by atoms with Gasteiger partial charge in [0.25, 0.3) is 0 Å². The summed E-state index contributed by atoms with van der Waals surface area (Å²) >= 11 is 0. The number of H-pyrrole nitrogens is 1. The maximum atomic E-state index is 12.1. The third kappa shape index (κ3) is 1.91. The standard InChI is InChI=1S/C15H12N2O/c18-14(11-5-2-1-3-6-11)9-12-7-4-8-13-15(12)17-10-16-13/h1-8,10H,9H2,(H,16,17). The normalized spacial score (nSPS) is 10.7. The van der Waals surface area contributed by atoms with Crippen molar-refractivity contribution in [2.75, 3.05) is 0 Å². The number of aromatic amines is 1. The van der Waals surface area contributed by atoms with Gasteiger partial charge in [-0.3, -0.25) is 4.79 Å². The van der Waals surface area contributed by atoms with Gasteiger partial charge in [-0.15, -0.1) is 0 Å². The van der Waals surface area contributed by atoms with Crippen molar-refractivity contribution in [2.45, 2.75) is 6.42 Å². The van der Waals surface area contributed by atoms with E-state index in [-0.39, 0.29) is 5.78 Å². The number of hydrogen-bond donors (Lipinski definition) is 1. The molecule has 0 atom stereocenters. The number of hydrogen-bond acceptors (Lipinski definition) is 2. The molecule has 1 aromatic heterocycles. The molecule has 0 aliphatic heterocycles. The second-order valence-electron chi connectivity index (χ2n) is 4.18. The third-order valence-corrected chi connectivity index (χ3v) is 2.98. The van der Waals surface area contributed by atoms with E-state index in [1.807, 2.05) is 48.5 Å². The van der Waals surface area contributed by atoms with Crippen LogP contribution in [-0.2, 0) is 6.42 Å². The molecule has 1 N–H and O–H groups in total. The van der Waals surface area contributed by atoms with Crippen LogP contribution in [-0.4, -0.2) is 15.8 Å². The number of carbonyl (C=O) groups excluding carboxylic acids is 1. The number of para-hydroxylation sites is 1. The largest absolute Gasteiger partial charge is 0.345 e.